The van der Waals surface area contributed by atoms with E-state index in [0.717, 1.165) is 21.9 Å². The first-order valence-electron chi connectivity index (χ1n) is 8.66. The molecule has 134 valence electrons. The lowest BCUT2D eigenvalue weighted by atomic mass is 9.99. The molecule has 0 aliphatic carbocycles. The number of nitrogens with zero attached hydrogens (tertiary/aromatic N) is 2. The van der Waals surface area contributed by atoms with E-state index in [1.54, 1.807) is 23.1 Å². The van der Waals surface area contributed by atoms with Crippen LogP contribution >= 0.6 is 0 Å². The van der Waals surface area contributed by atoms with Crippen molar-refractivity contribution in [2.24, 2.45) is 0 Å². The number of hydrogen-bond acceptors (Lipinski definition) is 5. The van der Waals surface area contributed by atoms with Crippen LogP contribution in [0, 0.1) is 0 Å². The van der Waals surface area contributed by atoms with E-state index < -0.39 is 0 Å². The number of benzene rings is 2. The fraction of sp³-hybridized carbons (Fsp3) is 0.300. The predicted molar refractivity (Wildman–Crippen MR) is 96.3 cm³/mol. The summed E-state index contributed by atoms with van der Waals surface area (Å²) in [5.74, 6) is 0.681. The van der Waals surface area contributed by atoms with Crippen LogP contribution in [0.1, 0.15) is 43.7 Å². The summed E-state index contributed by atoms with van der Waals surface area (Å²) in [5, 5.41) is 25.9. The van der Waals surface area contributed by atoms with Gasteiger partial charge in [0.05, 0.1) is 11.6 Å². The molecule has 4 rings (SSSR count). The van der Waals surface area contributed by atoms with Gasteiger partial charge in [0.15, 0.2) is 12.1 Å². The van der Waals surface area contributed by atoms with Crippen LogP contribution in [0.15, 0.2) is 45.7 Å². The lowest BCUT2D eigenvalue weighted by Gasteiger charge is -2.08. The Labute approximate surface area is 150 Å². The SMILES string of the molecule is CC(C)c1cc2c[n+](CC(C)c3cc4oncc4cc3O)oc2cc1O. The average Bonchev–Trinajstić information content (AvgIpc) is 3.18. The van der Waals surface area contributed by atoms with Crippen molar-refractivity contribution in [1.82, 2.24) is 5.16 Å². The predicted octanol–water partition coefficient (Wildman–Crippen LogP) is 4.20. The Morgan fingerprint density at radius 2 is 1.73 bits per heavy atom. The Morgan fingerprint density at radius 3 is 2.50 bits per heavy atom. The Balaban J connectivity index is 1.66. The van der Waals surface area contributed by atoms with E-state index in [0.29, 0.717) is 17.7 Å². The van der Waals surface area contributed by atoms with Crippen LogP contribution in [-0.2, 0) is 6.54 Å². The average molecular weight is 353 g/mol. The molecule has 0 radical (unpaired) electrons. The van der Waals surface area contributed by atoms with E-state index in [1.807, 2.05) is 39.1 Å². The zero-order chi connectivity index (χ0) is 18.4. The van der Waals surface area contributed by atoms with Gasteiger partial charge in [-0.15, -0.1) is 0 Å². The highest BCUT2D eigenvalue weighted by atomic mass is 16.5. The molecule has 0 aliphatic heterocycles. The van der Waals surface area contributed by atoms with Gasteiger partial charge >= 0.3 is 0 Å². The summed E-state index contributed by atoms with van der Waals surface area (Å²) in [5.41, 5.74) is 2.94. The Morgan fingerprint density at radius 1 is 0.962 bits per heavy atom. The first-order valence-corrected chi connectivity index (χ1v) is 8.66. The molecule has 2 N–H and O–H groups in total. The van der Waals surface area contributed by atoms with Gasteiger partial charge in [-0.25, -0.2) is 4.52 Å². The van der Waals surface area contributed by atoms with Gasteiger partial charge < -0.3 is 14.7 Å². The van der Waals surface area contributed by atoms with E-state index in [2.05, 4.69) is 5.16 Å². The maximum Gasteiger partial charge on any atom is 0.227 e. The molecule has 2 aromatic carbocycles. The minimum absolute atomic E-state index is 0.00627. The zero-order valence-corrected chi connectivity index (χ0v) is 14.9. The van der Waals surface area contributed by atoms with Crippen LogP contribution in [0.3, 0.4) is 0 Å². The second-order valence-corrected chi connectivity index (χ2v) is 7.10. The molecule has 2 heterocycles. The molecule has 0 bridgehead atoms. The van der Waals surface area contributed by atoms with Crippen LogP contribution in [0.25, 0.3) is 21.9 Å². The molecule has 0 spiro atoms. The fourth-order valence-corrected chi connectivity index (χ4v) is 3.33. The van der Waals surface area contributed by atoms with Gasteiger partial charge in [0, 0.05) is 22.9 Å². The molecule has 2 aromatic heterocycles. The molecular weight excluding hydrogens is 332 g/mol. The van der Waals surface area contributed by atoms with Crippen molar-refractivity contribution in [2.75, 3.05) is 0 Å². The second-order valence-electron chi connectivity index (χ2n) is 7.10. The van der Waals surface area contributed by atoms with E-state index in [4.69, 9.17) is 9.05 Å². The molecule has 6 nitrogen and oxygen atoms in total. The van der Waals surface area contributed by atoms with Crippen LogP contribution < -0.4 is 4.74 Å². The lowest BCUT2D eigenvalue weighted by Crippen LogP contribution is -2.33. The highest BCUT2D eigenvalue weighted by Gasteiger charge is 2.22. The maximum absolute atomic E-state index is 10.3. The van der Waals surface area contributed by atoms with Crippen molar-refractivity contribution in [2.45, 2.75) is 39.2 Å². The minimum Gasteiger partial charge on any atom is -0.508 e. The summed E-state index contributed by atoms with van der Waals surface area (Å²) < 4.78 is 12.7. The maximum atomic E-state index is 10.3. The van der Waals surface area contributed by atoms with Crippen LogP contribution in [0.2, 0.25) is 0 Å². The van der Waals surface area contributed by atoms with Crippen LogP contribution in [0.4, 0.5) is 0 Å². The van der Waals surface area contributed by atoms with E-state index in [-0.39, 0.29) is 23.3 Å². The molecule has 0 aliphatic rings. The number of rotatable bonds is 4. The Hall–Kier alpha value is -3.02. The monoisotopic (exact) mass is 353 g/mol. The quantitative estimate of drug-likeness (QED) is 0.537. The van der Waals surface area contributed by atoms with Crippen molar-refractivity contribution >= 4 is 21.9 Å². The number of aromatic hydroxyl groups is 2. The van der Waals surface area contributed by atoms with E-state index in [9.17, 15) is 10.2 Å². The number of fused-ring (bicyclic) bond motifs is 2. The van der Waals surface area contributed by atoms with Crippen molar-refractivity contribution in [3.05, 3.63) is 47.8 Å². The van der Waals surface area contributed by atoms with Gasteiger partial charge in [0.25, 0.3) is 0 Å². The molecule has 26 heavy (non-hydrogen) atoms. The van der Waals surface area contributed by atoms with Gasteiger partial charge in [-0.05, 0) is 34.4 Å². The molecule has 0 saturated carbocycles. The largest absolute Gasteiger partial charge is 0.508 e. The Kier molecular flexibility index (Phi) is 3.83. The number of phenols is 2. The number of hydrogen-bond donors (Lipinski definition) is 2. The standard InChI is InChI=1S/C20H20N2O4/c1-11(2)15-4-14-10-22(26-20(14)7-18(15)24)9-12(3)16-6-19-13(5-17(16)23)8-21-25-19/h4-8,10-12,23H,9H2,1-3H3/p+1. The van der Waals surface area contributed by atoms with E-state index in [1.165, 1.54) is 0 Å². The number of aromatic nitrogens is 2. The highest BCUT2D eigenvalue weighted by molar-refractivity contribution is 5.79. The molecule has 1 atom stereocenters. The lowest BCUT2D eigenvalue weighted by molar-refractivity contribution is -0.861. The summed E-state index contributed by atoms with van der Waals surface area (Å²) in [7, 11) is 0. The van der Waals surface area contributed by atoms with Crippen LogP contribution in [0.5, 0.6) is 11.5 Å². The summed E-state index contributed by atoms with van der Waals surface area (Å²) in [6.07, 6.45) is 3.50. The topological polar surface area (TPSA) is 83.5 Å². The molecule has 0 saturated heterocycles. The van der Waals surface area contributed by atoms with Gasteiger partial charge in [0.1, 0.15) is 11.5 Å². The van der Waals surface area contributed by atoms with Gasteiger partial charge in [-0.2, -0.15) is 0 Å². The minimum atomic E-state index is -0.00627. The third-order valence-electron chi connectivity index (χ3n) is 4.77. The van der Waals surface area contributed by atoms with Crippen molar-refractivity contribution < 1.29 is 24.0 Å². The summed E-state index contributed by atoms with van der Waals surface area (Å²) in [6.45, 7) is 6.63. The van der Waals surface area contributed by atoms with Gasteiger partial charge in [-0.3, -0.25) is 0 Å². The number of phenolic OH excluding ortho intramolecular Hbond substituents is 2. The third kappa shape index (κ3) is 2.77. The Bertz CT molecular complexity index is 1090. The summed E-state index contributed by atoms with van der Waals surface area (Å²) in [4.78, 5) is 0. The van der Waals surface area contributed by atoms with Gasteiger partial charge in [-0.1, -0.05) is 25.9 Å². The van der Waals surface area contributed by atoms with Crippen molar-refractivity contribution in [3.8, 4) is 11.5 Å². The first-order chi connectivity index (χ1) is 12.4. The summed E-state index contributed by atoms with van der Waals surface area (Å²) in [6, 6.07) is 7.09. The van der Waals surface area contributed by atoms with Crippen molar-refractivity contribution in [3.63, 3.8) is 0 Å². The van der Waals surface area contributed by atoms with Gasteiger partial charge in [0.2, 0.25) is 11.8 Å². The third-order valence-corrected chi connectivity index (χ3v) is 4.77. The zero-order valence-electron chi connectivity index (χ0n) is 14.9. The summed E-state index contributed by atoms with van der Waals surface area (Å²) >= 11 is 0. The molecule has 0 fully saturated rings. The smallest absolute Gasteiger partial charge is 0.227 e. The first kappa shape index (κ1) is 16.4. The fourth-order valence-electron chi connectivity index (χ4n) is 3.33. The molecule has 6 heteroatoms. The molecule has 0 amide bonds. The highest BCUT2D eigenvalue weighted by Crippen LogP contribution is 2.32. The van der Waals surface area contributed by atoms with Crippen molar-refractivity contribution in [1.29, 1.82) is 0 Å². The molecule has 4 aromatic rings. The van der Waals surface area contributed by atoms with Crippen LogP contribution in [-0.4, -0.2) is 15.4 Å². The normalized spacial score (nSPS) is 13.1. The molecular formula is C20H21N2O4+. The van der Waals surface area contributed by atoms with E-state index >= 15 is 0 Å². The second kappa shape index (κ2) is 6.05. The molecule has 1 unspecified atom stereocenters.